The lowest BCUT2D eigenvalue weighted by Crippen LogP contribution is -2.48. The van der Waals surface area contributed by atoms with Crippen LogP contribution in [0.15, 0.2) is 65.9 Å². The largest absolute Gasteiger partial charge is 0.463 e. The highest BCUT2D eigenvalue weighted by Gasteiger charge is 2.34. The van der Waals surface area contributed by atoms with E-state index in [1.165, 1.54) is 12.1 Å². The van der Waals surface area contributed by atoms with Crippen molar-refractivity contribution in [2.45, 2.75) is 26.4 Å². The maximum absolute atomic E-state index is 13.8. The second-order valence-corrected chi connectivity index (χ2v) is 6.99. The second kappa shape index (κ2) is 10.0. The highest BCUT2D eigenvalue weighted by atomic mass is 19.1. The number of nitrogens with one attached hydrogen (secondary N) is 2. The van der Waals surface area contributed by atoms with Gasteiger partial charge in [0.25, 0.3) is 0 Å². The number of urea groups is 1. The minimum atomic E-state index is -0.793. The molecule has 1 heterocycles. The molecule has 0 saturated heterocycles. The molecule has 0 bridgehead atoms. The van der Waals surface area contributed by atoms with E-state index in [-0.39, 0.29) is 12.2 Å². The molecule has 0 unspecified atom stereocenters. The zero-order valence-electron chi connectivity index (χ0n) is 17.2. The van der Waals surface area contributed by atoms with Gasteiger partial charge in [-0.1, -0.05) is 49.4 Å². The van der Waals surface area contributed by atoms with Crippen molar-refractivity contribution in [3.05, 3.63) is 82.8 Å². The van der Waals surface area contributed by atoms with Gasteiger partial charge in [-0.15, -0.1) is 0 Å². The van der Waals surface area contributed by atoms with Crippen molar-refractivity contribution in [1.29, 1.82) is 0 Å². The number of hydrogen-bond donors (Lipinski definition) is 2. The number of halogens is 1. The molecule has 30 heavy (non-hydrogen) atoms. The number of esters is 1. The van der Waals surface area contributed by atoms with Crippen molar-refractivity contribution in [3.63, 3.8) is 0 Å². The number of ether oxygens (including phenoxy) is 1. The first kappa shape index (κ1) is 21.5. The average Bonchev–Trinajstić information content (AvgIpc) is 2.73. The zero-order chi connectivity index (χ0) is 21.5. The van der Waals surface area contributed by atoms with E-state index in [2.05, 4.69) is 15.5 Å². The molecule has 7 heteroatoms. The van der Waals surface area contributed by atoms with Gasteiger partial charge >= 0.3 is 12.0 Å². The Morgan fingerprint density at radius 1 is 1.10 bits per heavy atom. The van der Waals surface area contributed by atoms with Crippen molar-refractivity contribution in [2.75, 3.05) is 19.7 Å². The Balaban J connectivity index is 1.97. The third kappa shape index (κ3) is 5.24. The van der Waals surface area contributed by atoms with Gasteiger partial charge in [0.15, 0.2) is 0 Å². The number of hydrogen-bond acceptors (Lipinski definition) is 4. The maximum atomic E-state index is 13.8. The van der Waals surface area contributed by atoms with E-state index in [0.717, 1.165) is 5.56 Å². The number of likely N-dealkylation sites (N-methyl/N-ethyl adjacent to an activating group) is 1. The van der Waals surface area contributed by atoms with Crippen LogP contribution in [0.5, 0.6) is 0 Å². The SMILES string of the molecule is CCOC(=O)C1=C(CN(CC)Cc2ccccc2)NC(=O)N[C@@H]1c1cccc(F)c1. The Hall–Kier alpha value is -3.19. The summed E-state index contributed by atoms with van der Waals surface area (Å²) < 4.78 is 19.1. The molecule has 0 saturated carbocycles. The van der Waals surface area contributed by atoms with Crippen molar-refractivity contribution < 1.29 is 18.7 Å². The number of amides is 2. The summed E-state index contributed by atoms with van der Waals surface area (Å²) in [5.74, 6) is -0.977. The first-order valence-corrected chi connectivity index (χ1v) is 10.0. The molecule has 2 N–H and O–H groups in total. The van der Waals surface area contributed by atoms with Gasteiger partial charge in [0.1, 0.15) is 5.82 Å². The molecule has 0 aromatic heterocycles. The predicted octanol–water partition coefficient (Wildman–Crippen LogP) is 3.52. The first-order chi connectivity index (χ1) is 14.5. The van der Waals surface area contributed by atoms with Crippen LogP contribution in [0.25, 0.3) is 0 Å². The monoisotopic (exact) mass is 411 g/mol. The molecular formula is C23H26FN3O3. The van der Waals surface area contributed by atoms with Crippen LogP contribution in [0.3, 0.4) is 0 Å². The highest BCUT2D eigenvalue weighted by molar-refractivity contribution is 5.95. The minimum Gasteiger partial charge on any atom is -0.463 e. The van der Waals surface area contributed by atoms with Gasteiger partial charge in [0.05, 0.1) is 18.2 Å². The molecular weight excluding hydrogens is 385 g/mol. The smallest absolute Gasteiger partial charge is 0.338 e. The van der Waals surface area contributed by atoms with Crippen LogP contribution >= 0.6 is 0 Å². The van der Waals surface area contributed by atoms with E-state index >= 15 is 0 Å². The summed E-state index contributed by atoms with van der Waals surface area (Å²) in [7, 11) is 0. The van der Waals surface area contributed by atoms with Crippen LogP contribution in [-0.2, 0) is 16.1 Å². The molecule has 2 aromatic carbocycles. The van der Waals surface area contributed by atoms with Crippen LogP contribution in [0.4, 0.5) is 9.18 Å². The van der Waals surface area contributed by atoms with Gasteiger partial charge < -0.3 is 15.4 Å². The number of carbonyl (C=O) groups is 2. The van der Waals surface area contributed by atoms with E-state index in [1.54, 1.807) is 19.1 Å². The zero-order valence-corrected chi connectivity index (χ0v) is 17.2. The summed E-state index contributed by atoms with van der Waals surface area (Å²) in [5.41, 5.74) is 2.36. The van der Waals surface area contributed by atoms with Gasteiger partial charge in [-0.05, 0) is 36.7 Å². The lowest BCUT2D eigenvalue weighted by Gasteiger charge is -2.32. The molecule has 2 amide bonds. The van der Waals surface area contributed by atoms with Gasteiger partial charge in [0, 0.05) is 18.8 Å². The fraction of sp³-hybridized carbons (Fsp3) is 0.304. The van der Waals surface area contributed by atoms with E-state index in [9.17, 15) is 14.0 Å². The lowest BCUT2D eigenvalue weighted by molar-refractivity contribution is -0.139. The van der Waals surface area contributed by atoms with Crippen LogP contribution in [0, 0.1) is 5.82 Å². The molecule has 2 aromatic rings. The van der Waals surface area contributed by atoms with Gasteiger partial charge in [-0.2, -0.15) is 0 Å². The molecule has 0 radical (unpaired) electrons. The van der Waals surface area contributed by atoms with Gasteiger partial charge in [0.2, 0.25) is 0 Å². The molecule has 0 spiro atoms. The van der Waals surface area contributed by atoms with E-state index in [1.807, 2.05) is 37.3 Å². The number of rotatable bonds is 8. The quantitative estimate of drug-likeness (QED) is 0.652. The molecule has 6 nitrogen and oxygen atoms in total. The molecule has 0 aliphatic carbocycles. The molecule has 1 atom stereocenters. The standard InChI is InChI=1S/C23H26FN3O3/c1-3-27(14-16-9-6-5-7-10-16)15-19-20(22(28)30-4-2)21(26-23(29)25-19)17-11-8-12-18(24)13-17/h5-13,21H,3-4,14-15H2,1-2H3,(H2,25,26,29)/t21-/m1/s1. The summed E-state index contributed by atoms with van der Waals surface area (Å²) in [4.78, 5) is 27.3. The summed E-state index contributed by atoms with van der Waals surface area (Å²) in [6.45, 7) is 5.64. The van der Waals surface area contributed by atoms with E-state index < -0.39 is 23.9 Å². The number of nitrogens with zero attached hydrogens (tertiary/aromatic N) is 1. The Kier molecular flexibility index (Phi) is 7.19. The van der Waals surface area contributed by atoms with E-state index in [0.29, 0.717) is 30.9 Å². The third-order valence-electron chi connectivity index (χ3n) is 4.91. The molecule has 0 fully saturated rings. The molecule has 158 valence electrons. The topological polar surface area (TPSA) is 70.7 Å². The van der Waals surface area contributed by atoms with Crippen LogP contribution in [-0.4, -0.2) is 36.6 Å². The average molecular weight is 411 g/mol. The molecule has 1 aliphatic rings. The first-order valence-electron chi connectivity index (χ1n) is 10.0. The fourth-order valence-electron chi connectivity index (χ4n) is 3.47. The summed E-state index contributed by atoms with van der Waals surface area (Å²) in [6.07, 6.45) is 0. The van der Waals surface area contributed by atoms with Crippen molar-refractivity contribution >= 4 is 12.0 Å². The Labute approximate surface area is 175 Å². The van der Waals surface area contributed by atoms with Crippen LogP contribution in [0.1, 0.15) is 31.0 Å². The van der Waals surface area contributed by atoms with Crippen LogP contribution < -0.4 is 10.6 Å². The Morgan fingerprint density at radius 2 is 1.87 bits per heavy atom. The number of carbonyl (C=O) groups excluding carboxylic acids is 2. The second-order valence-electron chi connectivity index (χ2n) is 6.99. The minimum absolute atomic E-state index is 0.195. The van der Waals surface area contributed by atoms with E-state index in [4.69, 9.17) is 4.74 Å². The normalized spacial score (nSPS) is 16.3. The molecule has 3 rings (SSSR count). The van der Waals surface area contributed by atoms with Crippen molar-refractivity contribution in [1.82, 2.24) is 15.5 Å². The fourth-order valence-corrected chi connectivity index (χ4v) is 3.47. The van der Waals surface area contributed by atoms with Crippen LogP contribution in [0.2, 0.25) is 0 Å². The predicted molar refractivity (Wildman–Crippen MR) is 112 cm³/mol. The van der Waals surface area contributed by atoms with Gasteiger partial charge in [-0.3, -0.25) is 4.90 Å². The molecule has 1 aliphatic heterocycles. The number of benzene rings is 2. The Morgan fingerprint density at radius 3 is 2.53 bits per heavy atom. The third-order valence-corrected chi connectivity index (χ3v) is 4.91. The van der Waals surface area contributed by atoms with Gasteiger partial charge in [-0.25, -0.2) is 14.0 Å². The lowest BCUT2D eigenvalue weighted by atomic mass is 9.95. The summed E-state index contributed by atoms with van der Waals surface area (Å²) >= 11 is 0. The maximum Gasteiger partial charge on any atom is 0.338 e. The van der Waals surface area contributed by atoms with Crippen molar-refractivity contribution in [2.24, 2.45) is 0 Å². The summed E-state index contributed by atoms with van der Waals surface area (Å²) in [6, 6.07) is 14.6. The van der Waals surface area contributed by atoms with Crippen molar-refractivity contribution in [3.8, 4) is 0 Å². The Bertz CT molecular complexity index is 930. The highest BCUT2D eigenvalue weighted by Crippen LogP contribution is 2.28. The summed E-state index contributed by atoms with van der Waals surface area (Å²) in [5, 5.41) is 5.49.